The first kappa shape index (κ1) is 18.8. The topological polar surface area (TPSA) is 55.8 Å². The molecule has 0 aliphatic rings. The Morgan fingerprint density at radius 1 is 1.14 bits per heavy atom. The molecule has 0 aliphatic carbocycles. The molecule has 0 spiro atoms. The van der Waals surface area contributed by atoms with Crippen LogP contribution in [0.1, 0.15) is 19.4 Å². The zero-order chi connectivity index (χ0) is 15.9. The molecule has 3 unspecified atom stereocenters. The maximum absolute atomic E-state index is 12.5. The van der Waals surface area contributed by atoms with Crippen LogP contribution < -0.4 is 0 Å². The van der Waals surface area contributed by atoms with E-state index in [0.717, 1.165) is 5.56 Å². The number of hydrogen-bond donors (Lipinski definition) is 1. The van der Waals surface area contributed by atoms with Crippen LogP contribution in [0.4, 0.5) is 0 Å². The molecule has 0 heterocycles. The first-order valence-corrected chi connectivity index (χ1v) is 9.35. The van der Waals surface area contributed by atoms with E-state index in [1.165, 1.54) is 0 Å². The van der Waals surface area contributed by atoms with Gasteiger partial charge in [-0.05, 0) is 38.0 Å². The second-order valence-corrected chi connectivity index (χ2v) is 8.49. The molecular weight excluding hydrogens is 334 g/mol. The van der Waals surface area contributed by atoms with Crippen LogP contribution in [-0.4, -0.2) is 35.2 Å². The van der Waals surface area contributed by atoms with Crippen molar-refractivity contribution in [1.82, 2.24) is 0 Å². The first-order valence-electron chi connectivity index (χ1n) is 6.75. The van der Waals surface area contributed by atoms with E-state index in [1.807, 2.05) is 0 Å². The molecule has 0 saturated heterocycles. The zero-order valence-corrected chi connectivity index (χ0v) is 14.6. The molecule has 7 heteroatoms. The van der Waals surface area contributed by atoms with E-state index < -0.39 is 7.60 Å². The van der Waals surface area contributed by atoms with Crippen LogP contribution in [0.15, 0.2) is 24.3 Å². The van der Waals surface area contributed by atoms with Crippen LogP contribution in [0.25, 0.3) is 0 Å². The Morgan fingerprint density at radius 2 is 1.76 bits per heavy atom. The summed E-state index contributed by atoms with van der Waals surface area (Å²) >= 11 is 11.7. The Bertz CT molecular complexity index is 463. The number of phenols is 1. The molecule has 4 nitrogen and oxygen atoms in total. The van der Waals surface area contributed by atoms with Crippen molar-refractivity contribution in [2.75, 3.05) is 19.4 Å². The van der Waals surface area contributed by atoms with E-state index in [1.54, 1.807) is 38.1 Å². The summed E-state index contributed by atoms with van der Waals surface area (Å²) in [5.41, 5.74) is 0.976. The van der Waals surface area contributed by atoms with Gasteiger partial charge in [-0.2, -0.15) is 0 Å². The Labute approximate surface area is 135 Å². The van der Waals surface area contributed by atoms with Gasteiger partial charge in [-0.15, -0.1) is 23.2 Å². The van der Waals surface area contributed by atoms with E-state index >= 15 is 0 Å². The molecule has 3 atom stereocenters. The molecule has 0 aliphatic heterocycles. The summed E-state index contributed by atoms with van der Waals surface area (Å²) in [6, 6.07) is 6.77. The van der Waals surface area contributed by atoms with Gasteiger partial charge >= 0.3 is 7.60 Å². The molecule has 1 N–H and O–H groups in total. The fraction of sp³-hybridized carbons (Fsp3) is 0.571. The third-order valence-corrected chi connectivity index (χ3v) is 5.20. The fourth-order valence-corrected chi connectivity index (χ4v) is 4.01. The van der Waals surface area contributed by atoms with Crippen molar-refractivity contribution in [1.29, 1.82) is 0 Å². The lowest BCUT2D eigenvalue weighted by molar-refractivity contribution is 0.207. The van der Waals surface area contributed by atoms with Crippen LogP contribution in [0, 0.1) is 0 Å². The average molecular weight is 355 g/mol. The molecule has 1 rings (SSSR count). The van der Waals surface area contributed by atoms with Gasteiger partial charge in [-0.3, -0.25) is 4.57 Å². The first-order chi connectivity index (χ1) is 9.81. The lowest BCUT2D eigenvalue weighted by Crippen LogP contribution is -2.12. The Balaban J connectivity index is 2.52. The number of halogens is 2. The molecule has 120 valence electrons. The van der Waals surface area contributed by atoms with E-state index in [-0.39, 0.29) is 35.9 Å². The van der Waals surface area contributed by atoms with Crippen molar-refractivity contribution in [2.24, 2.45) is 0 Å². The van der Waals surface area contributed by atoms with Crippen molar-refractivity contribution in [3.63, 3.8) is 0 Å². The van der Waals surface area contributed by atoms with Gasteiger partial charge in [0.1, 0.15) is 5.75 Å². The lowest BCUT2D eigenvalue weighted by atomic mass is 10.2. The molecule has 21 heavy (non-hydrogen) atoms. The van der Waals surface area contributed by atoms with Gasteiger partial charge in [-0.1, -0.05) is 12.1 Å². The Morgan fingerprint density at radius 3 is 2.29 bits per heavy atom. The largest absolute Gasteiger partial charge is 0.508 e. The summed E-state index contributed by atoms with van der Waals surface area (Å²) in [5, 5.41) is 8.65. The average Bonchev–Trinajstić information content (AvgIpc) is 2.38. The number of rotatable bonds is 9. The van der Waals surface area contributed by atoms with Gasteiger partial charge in [0.15, 0.2) is 0 Å². The van der Waals surface area contributed by atoms with E-state index in [9.17, 15) is 9.67 Å². The van der Waals surface area contributed by atoms with Crippen LogP contribution in [0.5, 0.6) is 5.75 Å². The van der Waals surface area contributed by atoms with Crippen molar-refractivity contribution >= 4 is 30.8 Å². The van der Waals surface area contributed by atoms with Crippen molar-refractivity contribution < 1.29 is 18.7 Å². The molecule has 0 saturated carbocycles. The van der Waals surface area contributed by atoms with Gasteiger partial charge in [0, 0.05) is 5.38 Å². The monoisotopic (exact) mass is 354 g/mol. The van der Waals surface area contributed by atoms with Crippen molar-refractivity contribution in [3.8, 4) is 5.75 Å². The van der Waals surface area contributed by atoms with Crippen LogP contribution in [0.2, 0.25) is 0 Å². The third-order valence-electron chi connectivity index (χ3n) is 2.59. The maximum atomic E-state index is 12.5. The SMILES string of the molecule is CC(Cl)COP(=O)(CC(C)Cl)OCCc1ccc(O)cc1. The highest BCUT2D eigenvalue weighted by molar-refractivity contribution is 7.54. The zero-order valence-electron chi connectivity index (χ0n) is 12.2. The predicted molar refractivity (Wildman–Crippen MR) is 86.8 cm³/mol. The van der Waals surface area contributed by atoms with Crippen molar-refractivity contribution in [3.05, 3.63) is 29.8 Å². The highest BCUT2D eigenvalue weighted by Crippen LogP contribution is 2.49. The summed E-state index contributed by atoms with van der Waals surface area (Å²) in [4.78, 5) is 0. The smallest absolute Gasteiger partial charge is 0.332 e. The van der Waals surface area contributed by atoms with Gasteiger partial charge < -0.3 is 14.2 Å². The summed E-state index contributed by atoms with van der Waals surface area (Å²) in [5.74, 6) is 0.209. The van der Waals surface area contributed by atoms with E-state index in [0.29, 0.717) is 6.42 Å². The van der Waals surface area contributed by atoms with Gasteiger partial charge in [0.2, 0.25) is 0 Å². The van der Waals surface area contributed by atoms with Crippen LogP contribution in [0.3, 0.4) is 0 Å². The van der Waals surface area contributed by atoms with Crippen molar-refractivity contribution in [2.45, 2.75) is 31.0 Å². The molecule has 0 amide bonds. The van der Waals surface area contributed by atoms with E-state index in [2.05, 4.69) is 0 Å². The molecule has 0 bridgehead atoms. The normalized spacial score (nSPS) is 17.1. The predicted octanol–water partition coefficient (Wildman–Crippen LogP) is 4.42. The maximum Gasteiger partial charge on any atom is 0.332 e. The van der Waals surface area contributed by atoms with E-state index in [4.69, 9.17) is 32.2 Å². The molecule has 0 aromatic heterocycles. The number of benzene rings is 1. The summed E-state index contributed by atoms with van der Waals surface area (Å²) in [6.45, 7) is 3.90. The summed E-state index contributed by atoms with van der Waals surface area (Å²) < 4.78 is 23.3. The number of aromatic hydroxyl groups is 1. The second kappa shape index (κ2) is 9.02. The van der Waals surface area contributed by atoms with Gasteiger partial charge in [0.25, 0.3) is 0 Å². The number of alkyl halides is 2. The third kappa shape index (κ3) is 8.08. The minimum absolute atomic E-state index is 0.147. The second-order valence-electron chi connectivity index (χ2n) is 4.90. The highest BCUT2D eigenvalue weighted by atomic mass is 35.5. The molecule has 0 fully saturated rings. The number of phenolic OH excluding ortho intramolecular Hbond substituents is 1. The Kier molecular flexibility index (Phi) is 8.07. The van der Waals surface area contributed by atoms with Gasteiger partial charge in [0.05, 0.1) is 24.8 Å². The van der Waals surface area contributed by atoms with Gasteiger partial charge in [-0.25, -0.2) is 0 Å². The van der Waals surface area contributed by atoms with Crippen LogP contribution >= 0.6 is 30.8 Å². The molecule has 0 radical (unpaired) electrons. The van der Waals surface area contributed by atoms with Crippen LogP contribution in [-0.2, 0) is 20.0 Å². The standard InChI is InChI=1S/C14H21Cl2O4P/c1-11(15)9-20-21(18,10-12(2)16)19-8-7-13-3-5-14(17)6-4-13/h3-6,11-12,17H,7-10H2,1-2H3. The fourth-order valence-electron chi connectivity index (χ4n) is 1.63. The molecular formula is C14H21Cl2O4P. The molecule has 1 aromatic rings. The minimum atomic E-state index is -3.24. The lowest BCUT2D eigenvalue weighted by Gasteiger charge is -2.20. The Hall–Kier alpha value is -0.250. The summed E-state index contributed by atoms with van der Waals surface area (Å²) in [7, 11) is -3.24. The minimum Gasteiger partial charge on any atom is -0.508 e. The summed E-state index contributed by atoms with van der Waals surface area (Å²) in [6.07, 6.45) is 0.717. The quantitative estimate of drug-likeness (QED) is 0.526. The highest BCUT2D eigenvalue weighted by Gasteiger charge is 2.27. The molecule has 1 aromatic carbocycles. The number of hydrogen-bond acceptors (Lipinski definition) is 4.